The van der Waals surface area contributed by atoms with Crippen LogP contribution in [0.5, 0.6) is 5.88 Å². The Labute approximate surface area is 100 Å². The number of hydrogen-bond donors (Lipinski definition) is 1. The fraction of sp³-hybridized carbons (Fsp3) is 0.333. The van der Waals surface area contributed by atoms with Gasteiger partial charge in [-0.2, -0.15) is 5.10 Å². The standard InChI is InChI=1S/C12H16N4O/c1-3-17-12-11(5-4-7-13-12)14-9-10-6-8-15-16(10)2/h4-8,14H,3,9H2,1-2H3. The number of anilines is 1. The van der Waals surface area contributed by atoms with Crippen molar-refractivity contribution in [2.75, 3.05) is 11.9 Å². The van der Waals surface area contributed by atoms with E-state index >= 15 is 0 Å². The zero-order valence-corrected chi connectivity index (χ0v) is 10.1. The van der Waals surface area contributed by atoms with Gasteiger partial charge >= 0.3 is 0 Å². The van der Waals surface area contributed by atoms with Gasteiger partial charge in [-0.25, -0.2) is 4.98 Å². The van der Waals surface area contributed by atoms with Gasteiger partial charge in [-0.15, -0.1) is 0 Å². The van der Waals surface area contributed by atoms with Gasteiger partial charge in [-0.3, -0.25) is 4.68 Å². The van der Waals surface area contributed by atoms with Crippen LogP contribution in [-0.4, -0.2) is 21.4 Å². The quantitative estimate of drug-likeness (QED) is 0.854. The van der Waals surface area contributed by atoms with Crippen molar-refractivity contribution in [3.05, 3.63) is 36.3 Å². The SMILES string of the molecule is CCOc1ncccc1NCc1ccnn1C. The van der Waals surface area contributed by atoms with E-state index in [1.54, 1.807) is 12.4 Å². The molecule has 0 spiro atoms. The second kappa shape index (κ2) is 5.34. The van der Waals surface area contributed by atoms with Crippen LogP contribution in [-0.2, 0) is 13.6 Å². The van der Waals surface area contributed by atoms with Crippen molar-refractivity contribution < 1.29 is 4.74 Å². The lowest BCUT2D eigenvalue weighted by atomic mass is 10.3. The topological polar surface area (TPSA) is 52.0 Å². The minimum atomic E-state index is 0.609. The smallest absolute Gasteiger partial charge is 0.237 e. The summed E-state index contributed by atoms with van der Waals surface area (Å²) in [6.45, 7) is 3.25. The molecule has 0 unspecified atom stereocenters. The van der Waals surface area contributed by atoms with E-state index in [-0.39, 0.29) is 0 Å². The number of hydrogen-bond acceptors (Lipinski definition) is 4. The third kappa shape index (κ3) is 2.75. The van der Waals surface area contributed by atoms with Crippen LogP contribution in [0, 0.1) is 0 Å². The molecule has 5 nitrogen and oxygen atoms in total. The highest BCUT2D eigenvalue weighted by Crippen LogP contribution is 2.20. The second-order valence-corrected chi connectivity index (χ2v) is 3.59. The van der Waals surface area contributed by atoms with Crippen molar-refractivity contribution in [1.82, 2.24) is 14.8 Å². The van der Waals surface area contributed by atoms with E-state index in [1.807, 2.05) is 36.9 Å². The van der Waals surface area contributed by atoms with Crippen molar-refractivity contribution >= 4 is 5.69 Å². The van der Waals surface area contributed by atoms with Gasteiger partial charge in [-0.1, -0.05) is 0 Å². The molecule has 2 rings (SSSR count). The lowest BCUT2D eigenvalue weighted by Gasteiger charge is -2.10. The first-order chi connectivity index (χ1) is 8.31. The predicted octanol–water partition coefficient (Wildman–Crippen LogP) is 1.83. The van der Waals surface area contributed by atoms with Gasteiger partial charge in [0.05, 0.1) is 24.5 Å². The molecular formula is C12H16N4O. The van der Waals surface area contributed by atoms with Crippen LogP contribution in [0.1, 0.15) is 12.6 Å². The summed E-state index contributed by atoms with van der Waals surface area (Å²) in [4.78, 5) is 4.18. The normalized spacial score (nSPS) is 10.2. The Morgan fingerprint density at radius 3 is 2.94 bits per heavy atom. The van der Waals surface area contributed by atoms with Crippen molar-refractivity contribution in [2.45, 2.75) is 13.5 Å². The highest BCUT2D eigenvalue weighted by atomic mass is 16.5. The van der Waals surface area contributed by atoms with Crippen LogP contribution in [0.15, 0.2) is 30.6 Å². The molecule has 90 valence electrons. The molecule has 0 amide bonds. The van der Waals surface area contributed by atoms with Gasteiger partial charge in [0, 0.05) is 19.4 Å². The molecular weight excluding hydrogens is 216 g/mol. The lowest BCUT2D eigenvalue weighted by molar-refractivity contribution is 0.328. The van der Waals surface area contributed by atoms with Crippen molar-refractivity contribution in [1.29, 1.82) is 0 Å². The number of ether oxygens (including phenoxy) is 1. The highest BCUT2D eigenvalue weighted by Gasteiger charge is 2.04. The Balaban J connectivity index is 2.06. The molecule has 0 aliphatic carbocycles. The Morgan fingerprint density at radius 2 is 2.24 bits per heavy atom. The molecule has 0 atom stereocenters. The summed E-state index contributed by atoms with van der Waals surface area (Å²) in [6, 6.07) is 5.81. The van der Waals surface area contributed by atoms with Crippen LogP contribution in [0.25, 0.3) is 0 Å². The second-order valence-electron chi connectivity index (χ2n) is 3.59. The number of aromatic nitrogens is 3. The molecule has 2 aromatic heterocycles. The molecule has 2 aromatic rings. The van der Waals surface area contributed by atoms with E-state index < -0.39 is 0 Å². The summed E-state index contributed by atoms with van der Waals surface area (Å²) in [5.74, 6) is 0.636. The maximum absolute atomic E-state index is 5.44. The minimum absolute atomic E-state index is 0.609. The molecule has 0 aromatic carbocycles. The molecule has 0 saturated heterocycles. The number of aryl methyl sites for hydroxylation is 1. The number of rotatable bonds is 5. The Hall–Kier alpha value is -2.04. The van der Waals surface area contributed by atoms with E-state index in [9.17, 15) is 0 Å². The van der Waals surface area contributed by atoms with Gasteiger partial charge in [0.2, 0.25) is 5.88 Å². The summed E-state index contributed by atoms with van der Waals surface area (Å²) < 4.78 is 7.28. The average molecular weight is 232 g/mol. The third-order valence-corrected chi connectivity index (χ3v) is 2.43. The average Bonchev–Trinajstić information content (AvgIpc) is 2.74. The molecule has 17 heavy (non-hydrogen) atoms. The zero-order chi connectivity index (χ0) is 12.1. The summed E-state index contributed by atoms with van der Waals surface area (Å²) in [5, 5.41) is 7.41. The van der Waals surface area contributed by atoms with Gasteiger partial charge in [-0.05, 0) is 25.1 Å². The first kappa shape index (κ1) is 11.4. The Morgan fingerprint density at radius 1 is 1.35 bits per heavy atom. The third-order valence-electron chi connectivity index (χ3n) is 2.43. The van der Waals surface area contributed by atoms with E-state index in [0.717, 1.165) is 11.4 Å². The Kier molecular flexibility index (Phi) is 3.59. The van der Waals surface area contributed by atoms with Crippen LogP contribution < -0.4 is 10.1 Å². The van der Waals surface area contributed by atoms with E-state index in [4.69, 9.17) is 4.74 Å². The predicted molar refractivity (Wildman–Crippen MR) is 65.9 cm³/mol. The van der Waals surface area contributed by atoms with Gasteiger partial charge < -0.3 is 10.1 Å². The largest absolute Gasteiger partial charge is 0.476 e. The van der Waals surface area contributed by atoms with Crippen LogP contribution in [0.4, 0.5) is 5.69 Å². The van der Waals surface area contributed by atoms with E-state index in [2.05, 4.69) is 15.4 Å². The number of pyridine rings is 1. The van der Waals surface area contributed by atoms with Crippen LogP contribution >= 0.6 is 0 Å². The molecule has 1 N–H and O–H groups in total. The van der Waals surface area contributed by atoms with Gasteiger partial charge in [0.25, 0.3) is 0 Å². The summed E-state index contributed by atoms with van der Waals surface area (Å²) in [5.41, 5.74) is 2.01. The molecule has 0 fully saturated rings. The van der Waals surface area contributed by atoms with Crippen molar-refractivity contribution in [3.8, 4) is 5.88 Å². The van der Waals surface area contributed by atoms with Crippen molar-refractivity contribution in [3.63, 3.8) is 0 Å². The molecule has 5 heteroatoms. The van der Waals surface area contributed by atoms with Crippen molar-refractivity contribution in [2.24, 2.45) is 7.05 Å². The van der Waals surface area contributed by atoms with Gasteiger partial charge in [0.1, 0.15) is 0 Å². The summed E-state index contributed by atoms with van der Waals surface area (Å²) >= 11 is 0. The van der Waals surface area contributed by atoms with Gasteiger partial charge in [0.15, 0.2) is 0 Å². The molecule has 0 saturated carbocycles. The van der Waals surface area contributed by atoms with Crippen LogP contribution in [0.2, 0.25) is 0 Å². The highest BCUT2D eigenvalue weighted by molar-refractivity contribution is 5.52. The maximum Gasteiger partial charge on any atom is 0.237 e. The number of nitrogens with zero attached hydrogens (tertiary/aromatic N) is 3. The zero-order valence-electron chi connectivity index (χ0n) is 10.1. The summed E-state index contributed by atoms with van der Waals surface area (Å²) in [7, 11) is 1.92. The first-order valence-electron chi connectivity index (χ1n) is 5.60. The lowest BCUT2D eigenvalue weighted by Crippen LogP contribution is -2.07. The molecule has 0 bridgehead atoms. The summed E-state index contributed by atoms with van der Waals surface area (Å²) in [6.07, 6.45) is 3.50. The van der Waals surface area contributed by atoms with E-state index in [0.29, 0.717) is 19.0 Å². The first-order valence-corrected chi connectivity index (χ1v) is 5.60. The molecule has 2 heterocycles. The van der Waals surface area contributed by atoms with E-state index in [1.165, 1.54) is 0 Å². The minimum Gasteiger partial charge on any atom is -0.476 e. The molecule has 0 aliphatic heterocycles. The fourth-order valence-corrected chi connectivity index (χ4v) is 1.54. The monoisotopic (exact) mass is 232 g/mol. The Bertz CT molecular complexity index is 481. The number of nitrogens with one attached hydrogen (secondary N) is 1. The van der Waals surface area contributed by atoms with Crippen LogP contribution in [0.3, 0.4) is 0 Å². The molecule has 0 radical (unpaired) electrons. The maximum atomic E-state index is 5.44. The fourth-order valence-electron chi connectivity index (χ4n) is 1.54. The molecule has 0 aliphatic rings.